The van der Waals surface area contributed by atoms with Crippen molar-refractivity contribution in [1.82, 2.24) is 10.5 Å². The lowest BCUT2D eigenvalue weighted by Crippen LogP contribution is -2.22. The number of fused-ring (bicyclic) bond motifs is 1. The predicted octanol–water partition coefficient (Wildman–Crippen LogP) is 2.44. The quantitative estimate of drug-likeness (QED) is 0.834. The Morgan fingerprint density at radius 3 is 2.88 bits per heavy atom. The van der Waals surface area contributed by atoms with Gasteiger partial charge in [-0.05, 0) is 43.4 Å². The summed E-state index contributed by atoms with van der Waals surface area (Å²) in [6.07, 6.45) is 5.15. The maximum Gasteiger partial charge on any atom is 0.238 e. The van der Waals surface area contributed by atoms with Gasteiger partial charge in [-0.1, -0.05) is 24.2 Å². The number of nitrogens with zero attached hydrogens (tertiary/aromatic N) is 1. The molecule has 1 atom stereocenters. The van der Waals surface area contributed by atoms with Gasteiger partial charge in [0.2, 0.25) is 10.0 Å². The fourth-order valence-corrected chi connectivity index (χ4v) is 3.78. The molecule has 0 fully saturated rings. The highest BCUT2D eigenvalue weighted by Crippen LogP contribution is 2.25. The summed E-state index contributed by atoms with van der Waals surface area (Å²) in [6, 6.07) is 6.81. The van der Waals surface area contributed by atoms with Gasteiger partial charge in [0.25, 0.3) is 0 Å². The molecule has 0 aliphatic heterocycles. The van der Waals surface area contributed by atoms with Crippen molar-refractivity contribution < 1.29 is 12.9 Å². The van der Waals surface area contributed by atoms with E-state index in [1.54, 1.807) is 12.1 Å². The number of hydrogen-bond acceptors (Lipinski definition) is 5. The molecule has 1 aromatic heterocycles. The minimum absolute atomic E-state index is 0.0302. The minimum Gasteiger partial charge on any atom is -0.361 e. The Kier molecular flexibility index (Phi) is 5.03. The monoisotopic (exact) mass is 349 g/mol. The van der Waals surface area contributed by atoms with E-state index < -0.39 is 10.0 Å². The Bertz CT molecular complexity index is 814. The van der Waals surface area contributed by atoms with Crippen LogP contribution in [0.4, 0.5) is 0 Å². The van der Waals surface area contributed by atoms with Crippen molar-refractivity contribution in [2.75, 3.05) is 0 Å². The molecule has 0 unspecified atom stereocenters. The van der Waals surface area contributed by atoms with Crippen LogP contribution in [0.25, 0.3) is 0 Å². The van der Waals surface area contributed by atoms with E-state index in [0.29, 0.717) is 6.54 Å². The summed E-state index contributed by atoms with van der Waals surface area (Å²) < 4.78 is 28.5. The van der Waals surface area contributed by atoms with Gasteiger partial charge in [0, 0.05) is 24.6 Å². The van der Waals surface area contributed by atoms with Gasteiger partial charge in [0.15, 0.2) is 0 Å². The molecular formula is C17H23N3O3S. The average Bonchev–Trinajstić information content (AvgIpc) is 2.98. The van der Waals surface area contributed by atoms with Gasteiger partial charge >= 0.3 is 0 Å². The summed E-state index contributed by atoms with van der Waals surface area (Å²) in [5.41, 5.74) is 3.11. The third-order valence-corrected chi connectivity index (χ3v) is 5.46. The Balaban J connectivity index is 1.75. The van der Waals surface area contributed by atoms with Crippen LogP contribution in [0.2, 0.25) is 0 Å². The summed E-state index contributed by atoms with van der Waals surface area (Å²) in [7, 11) is -3.69. The Hall–Kier alpha value is -1.70. The highest BCUT2D eigenvalue weighted by atomic mass is 32.2. The molecular weight excluding hydrogens is 326 g/mol. The highest BCUT2D eigenvalue weighted by Gasteiger charge is 2.20. The second-order valence-corrected chi connectivity index (χ2v) is 7.76. The maximum atomic E-state index is 11.5. The van der Waals surface area contributed by atoms with E-state index >= 15 is 0 Å². The molecule has 1 aliphatic rings. The van der Waals surface area contributed by atoms with E-state index in [2.05, 4.69) is 17.4 Å². The van der Waals surface area contributed by atoms with Crippen molar-refractivity contribution in [3.05, 3.63) is 46.8 Å². The summed E-state index contributed by atoms with van der Waals surface area (Å²) in [4.78, 5) is 0.138. The number of aryl methyl sites for hydroxylation is 1. The number of nitrogens with one attached hydrogen (secondary N) is 1. The normalized spacial score (nSPS) is 15.9. The lowest BCUT2D eigenvalue weighted by atomic mass is 9.96. The number of benzene rings is 1. The molecule has 0 amide bonds. The van der Waals surface area contributed by atoms with Crippen molar-refractivity contribution in [3.63, 3.8) is 0 Å². The molecule has 1 aromatic carbocycles. The molecule has 0 saturated carbocycles. The minimum atomic E-state index is -3.69. The lowest BCUT2D eigenvalue weighted by Gasteiger charge is -2.18. The summed E-state index contributed by atoms with van der Waals surface area (Å²) in [5, 5.41) is 12.9. The third-order valence-electron chi connectivity index (χ3n) is 4.54. The molecule has 6 nitrogen and oxygen atoms in total. The fourth-order valence-electron chi connectivity index (χ4n) is 3.21. The summed E-state index contributed by atoms with van der Waals surface area (Å²) in [5.74, 6) is 1.02. The first-order chi connectivity index (χ1) is 11.5. The van der Waals surface area contributed by atoms with Crippen molar-refractivity contribution in [1.29, 1.82) is 0 Å². The maximum absolute atomic E-state index is 11.5. The van der Waals surface area contributed by atoms with Crippen molar-refractivity contribution in [3.8, 4) is 0 Å². The van der Waals surface area contributed by atoms with Crippen LogP contribution in [0.1, 0.15) is 54.8 Å². The van der Waals surface area contributed by atoms with Crippen LogP contribution in [-0.2, 0) is 29.4 Å². The van der Waals surface area contributed by atoms with Crippen LogP contribution in [0.3, 0.4) is 0 Å². The third kappa shape index (κ3) is 3.68. The molecule has 3 N–H and O–H groups in total. The SMILES string of the molecule is CC[C@@H](NCc1noc2c1CCCC2)c1cccc(S(N)(=O)=O)c1. The van der Waals surface area contributed by atoms with Crippen LogP contribution in [0.5, 0.6) is 0 Å². The average molecular weight is 349 g/mol. The Morgan fingerprint density at radius 2 is 2.12 bits per heavy atom. The van der Waals surface area contributed by atoms with Gasteiger partial charge in [-0.15, -0.1) is 0 Å². The van der Waals surface area contributed by atoms with Crippen molar-refractivity contribution in [2.45, 2.75) is 56.5 Å². The van der Waals surface area contributed by atoms with E-state index in [4.69, 9.17) is 9.66 Å². The topological polar surface area (TPSA) is 98.2 Å². The van der Waals surface area contributed by atoms with Crippen LogP contribution < -0.4 is 10.5 Å². The zero-order chi connectivity index (χ0) is 17.2. The van der Waals surface area contributed by atoms with Gasteiger partial charge in [0.1, 0.15) is 11.5 Å². The van der Waals surface area contributed by atoms with Gasteiger partial charge in [-0.25, -0.2) is 13.6 Å². The molecule has 130 valence electrons. The molecule has 0 saturated heterocycles. The van der Waals surface area contributed by atoms with Crippen LogP contribution >= 0.6 is 0 Å². The summed E-state index contributed by atoms with van der Waals surface area (Å²) in [6.45, 7) is 2.66. The predicted molar refractivity (Wildman–Crippen MR) is 90.8 cm³/mol. The van der Waals surface area contributed by atoms with Gasteiger partial charge in [-0.2, -0.15) is 0 Å². The first-order valence-electron chi connectivity index (χ1n) is 8.31. The number of nitrogens with two attached hydrogens (primary N) is 1. The molecule has 3 rings (SSSR count). The largest absolute Gasteiger partial charge is 0.361 e. The second kappa shape index (κ2) is 7.04. The number of sulfonamides is 1. The molecule has 0 radical (unpaired) electrons. The molecule has 1 heterocycles. The fraction of sp³-hybridized carbons (Fsp3) is 0.471. The van der Waals surface area contributed by atoms with Crippen LogP contribution in [0, 0.1) is 0 Å². The molecule has 1 aliphatic carbocycles. The standard InChI is InChI=1S/C17H23N3O3S/c1-2-15(12-6-5-7-13(10-12)24(18,21)22)19-11-16-14-8-3-4-9-17(14)23-20-16/h5-7,10,15,19H,2-4,8-9,11H2,1H3,(H2,18,21,22)/t15-/m1/s1. The molecule has 7 heteroatoms. The Labute approximate surface area is 142 Å². The van der Waals surface area contributed by atoms with E-state index in [-0.39, 0.29) is 10.9 Å². The molecule has 24 heavy (non-hydrogen) atoms. The molecule has 2 aromatic rings. The number of aromatic nitrogens is 1. The van der Waals surface area contributed by atoms with E-state index in [0.717, 1.165) is 42.7 Å². The second-order valence-electron chi connectivity index (χ2n) is 6.20. The Morgan fingerprint density at radius 1 is 1.33 bits per heavy atom. The number of rotatable bonds is 6. The van der Waals surface area contributed by atoms with E-state index in [1.165, 1.54) is 18.1 Å². The van der Waals surface area contributed by atoms with Crippen LogP contribution in [0.15, 0.2) is 33.7 Å². The molecule has 0 bridgehead atoms. The van der Waals surface area contributed by atoms with Gasteiger partial charge in [0.05, 0.1) is 4.90 Å². The zero-order valence-corrected chi connectivity index (χ0v) is 14.6. The number of primary sulfonamides is 1. The first kappa shape index (κ1) is 17.1. The van der Waals surface area contributed by atoms with Crippen molar-refractivity contribution in [2.24, 2.45) is 5.14 Å². The van der Waals surface area contributed by atoms with Gasteiger partial charge in [-0.3, -0.25) is 0 Å². The smallest absolute Gasteiger partial charge is 0.238 e. The van der Waals surface area contributed by atoms with E-state index in [1.807, 2.05) is 6.07 Å². The van der Waals surface area contributed by atoms with Crippen molar-refractivity contribution >= 4 is 10.0 Å². The first-order valence-corrected chi connectivity index (χ1v) is 9.86. The van der Waals surface area contributed by atoms with Crippen LogP contribution in [-0.4, -0.2) is 13.6 Å². The highest BCUT2D eigenvalue weighted by molar-refractivity contribution is 7.89. The summed E-state index contributed by atoms with van der Waals surface area (Å²) >= 11 is 0. The lowest BCUT2D eigenvalue weighted by molar-refractivity contribution is 0.365. The molecule has 0 spiro atoms. The van der Waals surface area contributed by atoms with E-state index in [9.17, 15) is 8.42 Å². The van der Waals surface area contributed by atoms with Gasteiger partial charge < -0.3 is 9.84 Å². The zero-order valence-electron chi connectivity index (χ0n) is 13.8. The number of hydrogen-bond donors (Lipinski definition) is 2.